The molecule has 3 heterocycles. The quantitative estimate of drug-likeness (QED) is 0.933. The van der Waals surface area contributed by atoms with Crippen LogP contribution < -0.4 is 10.1 Å². The second kappa shape index (κ2) is 6.22. The van der Waals surface area contributed by atoms with Crippen molar-refractivity contribution in [3.63, 3.8) is 0 Å². The number of hydrogen-bond donors (Lipinski definition) is 1. The second-order valence-corrected chi connectivity index (χ2v) is 6.08. The Morgan fingerprint density at radius 1 is 1.41 bits per heavy atom. The number of piperidine rings is 1. The Hall–Kier alpha value is -1.66. The van der Waals surface area contributed by atoms with E-state index < -0.39 is 0 Å². The Balaban J connectivity index is 1.87. The Labute approximate surface area is 134 Å². The van der Waals surface area contributed by atoms with Gasteiger partial charge >= 0.3 is 0 Å². The molecule has 6 nitrogen and oxygen atoms in total. The first-order valence-electron chi connectivity index (χ1n) is 7.46. The van der Waals surface area contributed by atoms with E-state index in [4.69, 9.17) is 20.9 Å². The lowest BCUT2D eigenvalue weighted by Crippen LogP contribution is -2.38. The molecule has 0 bridgehead atoms. The summed E-state index contributed by atoms with van der Waals surface area (Å²) in [7, 11) is 0. The van der Waals surface area contributed by atoms with Crippen LogP contribution in [-0.4, -0.2) is 34.8 Å². The summed E-state index contributed by atoms with van der Waals surface area (Å²) in [5.74, 6) is 1.69. The smallest absolute Gasteiger partial charge is 0.278 e. The van der Waals surface area contributed by atoms with Gasteiger partial charge in [-0.3, -0.25) is 0 Å². The normalized spacial score (nSPS) is 17.4. The van der Waals surface area contributed by atoms with E-state index in [-0.39, 0.29) is 5.41 Å². The van der Waals surface area contributed by atoms with Crippen molar-refractivity contribution in [3.8, 4) is 17.3 Å². The third kappa shape index (κ3) is 2.94. The summed E-state index contributed by atoms with van der Waals surface area (Å²) >= 11 is 6.25. The lowest BCUT2D eigenvalue weighted by atomic mass is 9.80. The molecule has 0 saturated carbocycles. The van der Waals surface area contributed by atoms with Gasteiger partial charge in [-0.1, -0.05) is 23.7 Å². The van der Waals surface area contributed by atoms with Gasteiger partial charge in [0.25, 0.3) is 5.89 Å². The number of ether oxygens (including phenoxy) is 1. The molecule has 0 unspecified atom stereocenters. The van der Waals surface area contributed by atoms with Crippen LogP contribution >= 0.6 is 11.6 Å². The van der Waals surface area contributed by atoms with E-state index in [0.717, 1.165) is 31.8 Å². The number of hydrogen-bond acceptors (Lipinski definition) is 6. The minimum Gasteiger partial charge on any atom is -0.492 e. The van der Waals surface area contributed by atoms with Crippen molar-refractivity contribution < 1.29 is 9.26 Å². The van der Waals surface area contributed by atoms with Crippen molar-refractivity contribution in [2.45, 2.75) is 32.1 Å². The van der Waals surface area contributed by atoms with Gasteiger partial charge in [0, 0.05) is 11.5 Å². The molecule has 0 spiro atoms. The van der Waals surface area contributed by atoms with E-state index in [0.29, 0.717) is 29.0 Å². The monoisotopic (exact) mass is 322 g/mol. The summed E-state index contributed by atoms with van der Waals surface area (Å²) in [6, 6.07) is 1.71. The van der Waals surface area contributed by atoms with Crippen LogP contribution in [0.5, 0.6) is 5.75 Å². The maximum Gasteiger partial charge on any atom is 0.278 e. The summed E-state index contributed by atoms with van der Waals surface area (Å²) < 4.78 is 10.8. The molecule has 0 amide bonds. The molecule has 1 saturated heterocycles. The fourth-order valence-corrected chi connectivity index (χ4v) is 2.83. The molecule has 118 valence electrons. The van der Waals surface area contributed by atoms with Gasteiger partial charge in [-0.05, 0) is 32.9 Å². The van der Waals surface area contributed by atoms with Gasteiger partial charge in [-0.15, -0.1) is 0 Å². The first kappa shape index (κ1) is 15.2. The van der Waals surface area contributed by atoms with Gasteiger partial charge in [0.15, 0.2) is 5.82 Å². The minimum absolute atomic E-state index is 0.0647. The molecule has 0 aliphatic carbocycles. The van der Waals surface area contributed by atoms with E-state index in [1.165, 1.54) is 0 Å². The zero-order valence-electron chi connectivity index (χ0n) is 12.7. The van der Waals surface area contributed by atoms with Crippen LogP contribution in [0.2, 0.25) is 5.02 Å². The number of pyridine rings is 1. The predicted molar refractivity (Wildman–Crippen MR) is 83.2 cm³/mol. The highest BCUT2D eigenvalue weighted by molar-refractivity contribution is 6.32. The maximum atomic E-state index is 6.25. The molecule has 1 aliphatic rings. The van der Waals surface area contributed by atoms with Crippen LogP contribution in [-0.2, 0) is 5.41 Å². The van der Waals surface area contributed by atoms with Gasteiger partial charge in [-0.2, -0.15) is 4.98 Å². The highest BCUT2D eigenvalue weighted by atomic mass is 35.5. The average molecular weight is 323 g/mol. The molecule has 1 N–H and O–H groups in total. The minimum atomic E-state index is -0.0647. The van der Waals surface area contributed by atoms with Gasteiger partial charge in [0.1, 0.15) is 11.4 Å². The average Bonchev–Trinajstić information content (AvgIpc) is 2.99. The molecule has 1 aliphatic heterocycles. The van der Waals surface area contributed by atoms with E-state index in [1.807, 2.05) is 6.92 Å². The highest BCUT2D eigenvalue weighted by Gasteiger charge is 2.34. The van der Waals surface area contributed by atoms with Crippen LogP contribution in [0.4, 0.5) is 0 Å². The van der Waals surface area contributed by atoms with Gasteiger partial charge in [0.05, 0.1) is 17.8 Å². The zero-order valence-corrected chi connectivity index (χ0v) is 13.5. The molecule has 3 rings (SSSR count). The lowest BCUT2D eigenvalue weighted by Gasteiger charge is -2.30. The van der Waals surface area contributed by atoms with Crippen molar-refractivity contribution in [1.82, 2.24) is 20.4 Å². The predicted octanol–water partition coefficient (Wildman–Crippen LogP) is 2.82. The summed E-state index contributed by atoms with van der Waals surface area (Å²) in [5, 5.41) is 7.93. The van der Waals surface area contributed by atoms with Crippen molar-refractivity contribution in [2.75, 3.05) is 19.7 Å². The molecule has 2 aromatic rings. The third-order valence-corrected chi connectivity index (χ3v) is 4.29. The fraction of sp³-hybridized carbons (Fsp3) is 0.533. The number of nitrogens with zero attached hydrogens (tertiary/aromatic N) is 3. The molecule has 0 atom stereocenters. The second-order valence-electron chi connectivity index (χ2n) is 5.67. The maximum absolute atomic E-state index is 6.25. The van der Waals surface area contributed by atoms with E-state index in [1.54, 1.807) is 12.3 Å². The number of halogens is 1. The topological polar surface area (TPSA) is 73.1 Å². The molecule has 7 heteroatoms. The highest BCUT2D eigenvalue weighted by Crippen LogP contribution is 2.33. The van der Waals surface area contributed by atoms with Crippen molar-refractivity contribution in [3.05, 3.63) is 23.1 Å². The Morgan fingerprint density at radius 3 is 2.86 bits per heavy atom. The van der Waals surface area contributed by atoms with Crippen LogP contribution in [0.1, 0.15) is 32.5 Å². The van der Waals surface area contributed by atoms with Crippen molar-refractivity contribution in [1.29, 1.82) is 0 Å². The number of rotatable bonds is 4. The summed E-state index contributed by atoms with van der Waals surface area (Å²) in [4.78, 5) is 8.80. The van der Waals surface area contributed by atoms with Gasteiger partial charge < -0.3 is 14.6 Å². The van der Waals surface area contributed by atoms with Crippen LogP contribution in [0.15, 0.2) is 16.8 Å². The van der Waals surface area contributed by atoms with Crippen LogP contribution in [0.25, 0.3) is 11.6 Å². The van der Waals surface area contributed by atoms with E-state index in [2.05, 4.69) is 27.4 Å². The van der Waals surface area contributed by atoms with Crippen LogP contribution in [0.3, 0.4) is 0 Å². The summed E-state index contributed by atoms with van der Waals surface area (Å²) in [6.07, 6.45) is 3.58. The standard InChI is InChI=1S/C15H19ClN4O2/c1-3-21-10-8-11(16)12(18-9-10)13-19-14(20-22-13)15(2)4-6-17-7-5-15/h8-9,17H,3-7H2,1-2H3. The first-order valence-corrected chi connectivity index (χ1v) is 7.84. The van der Waals surface area contributed by atoms with Gasteiger partial charge in [-0.25, -0.2) is 4.98 Å². The molecular weight excluding hydrogens is 304 g/mol. The van der Waals surface area contributed by atoms with E-state index in [9.17, 15) is 0 Å². The Kier molecular flexibility index (Phi) is 4.31. The van der Waals surface area contributed by atoms with Gasteiger partial charge in [0.2, 0.25) is 0 Å². The van der Waals surface area contributed by atoms with Crippen molar-refractivity contribution in [2.24, 2.45) is 0 Å². The molecular formula is C15H19ClN4O2. The fourth-order valence-electron chi connectivity index (χ4n) is 2.59. The molecule has 1 fully saturated rings. The zero-order chi connectivity index (χ0) is 15.6. The molecule has 0 radical (unpaired) electrons. The Morgan fingerprint density at radius 2 is 2.18 bits per heavy atom. The molecule has 0 aromatic carbocycles. The summed E-state index contributed by atoms with van der Waals surface area (Å²) in [5.41, 5.74) is 0.423. The largest absolute Gasteiger partial charge is 0.492 e. The molecule has 22 heavy (non-hydrogen) atoms. The first-order chi connectivity index (χ1) is 10.6. The van der Waals surface area contributed by atoms with E-state index >= 15 is 0 Å². The lowest BCUT2D eigenvalue weighted by molar-refractivity contribution is 0.303. The molecule has 2 aromatic heterocycles. The number of aromatic nitrogens is 3. The Bertz CT molecular complexity index is 653. The number of nitrogens with one attached hydrogen (secondary N) is 1. The SMILES string of the molecule is CCOc1cnc(-c2nc(C3(C)CCNCC3)no2)c(Cl)c1. The van der Waals surface area contributed by atoms with Crippen LogP contribution in [0, 0.1) is 0 Å². The van der Waals surface area contributed by atoms with Crippen molar-refractivity contribution >= 4 is 11.6 Å². The summed E-state index contributed by atoms with van der Waals surface area (Å²) in [6.45, 7) is 6.56. The third-order valence-electron chi connectivity index (χ3n) is 4.00.